The summed E-state index contributed by atoms with van der Waals surface area (Å²) < 4.78 is 6.15. The molecule has 0 saturated carbocycles. The van der Waals surface area contributed by atoms with Crippen LogP contribution in [0.4, 0.5) is 9.59 Å². The fraction of sp³-hybridized carbons (Fsp3) is 0.680. The van der Waals surface area contributed by atoms with Gasteiger partial charge in [0.1, 0.15) is 0 Å². The predicted molar refractivity (Wildman–Crippen MR) is 135 cm³/mol. The monoisotopic (exact) mass is 496 g/mol. The number of ether oxygens (including phenoxy) is 1. The molecule has 1 aromatic rings. The number of urea groups is 1. The van der Waals surface area contributed by atoms with Gasteiger partial charge in [0.15, 0.2) is 0 Å². The average molecular weight is 497 g/mol. The number of benzene rings is 1. The first kappa shape index (κ1) is 28.2. The van der Waals surface area contributed by atoms with Gasteiger partial charge < -0.3 is 30.7 Å². The van der Waals surface area contributed by atoms with E-state index in [-0.39, 0.29) is 42.7 Å². The van der Waals surface area contributed by atoms with Crippen LogP contribution in [0.25, 0.3) is 0 Å². The van der Waals surface area contributed by atoms with Crippen LogP contribution in [-0.4, -0.2) is 68.0 Å². The highest BCUT2D eigenvalue weighted by Crippen LogP contribution is 2.34. The second kappa shape index (κ2) is 13.8. The highest BCUT2D eigenvalue weighted by atomic mass is 35.5. The van der Waals surface area contributed by atoms with Gasteiger partial charge in [-0.25, -0.2) is 9.59 Å². The lowest BCUT2D eigenvalue weighted by Crippen LogP contribution is -2.52. The number of carbonyl (C=O) groups is 2. The van der Waals surface area contributed by atoms with Crippen LogP contribution in [-0.2, 0) is 4.74 Å². The van der Waals surface area contributed by atoms with E-state index in [4.69, 9.17) is 21.4 Å². The van der Waals surface area contributed by atoms with Crippen molar-refractivity contribution >= 4 is 23.7 Å². The number of piperidine rings is 1. The van der Waals surface area contributed by atoms with E-state index in [1.54, 1.807) is 0 Å². The molecule has 3 amide bonds. The molecule has 9 heteroatoms. The van der Waals surface area contributed by atoms with Crippen LogP contribution in [0.3, 0.4) is 0 Å². The number of nitrogens with one attached hydrogen (secondary N) is 3. The number of halogens is 1. The number of amides is 3. The molecular weight excluding hydrogens is 456 g/mol. The maximum absolute atomic E-state index is 13.2. The molecule has 0 radical (unpaired) electrons. The fourth-order valence-corrected chi connectivity index (χ4v) is 4.67. The van der Waals surface area contributed by atoms with Crippen LogP contribution in [0.2, 0.25) is 5.02 Å². The van der Waals surface area contributed by atoms with Gasteiger partial charge >= 0.3 is 12.1 Å². The first-order valence-electron chi connectivity index (χ1n) is 12.2. The Morgan fingerprint density at radius 2 is 2.12 bits per heavy atom. The van der Waals surface area contributed by atoms with Gasteiger partial charge in [-0.2, -0.15) is 0 Å². The summed E-state index contributed by atoms with van der Waals surface area (Å²) in [4.78, 5) is 25.9. The topological polar surface area (TPSA) is 103 Å². The summed E-state index contributed by atoms with van der Waals surface area (Å²) in [6.45, 7) is 9.06. The van der Waals surface area contributed by atoms with Gasteiger partial charge in [-0.3, -0.25) is 0 Å². The van der Waals surface area contributed by atoms with Crippen molar-refractivity contribution < 1.29 is 19.4 Å². The summed E-state index contributed by atoms with van der Waals surface area (Å²) in [6.07, 6.45) is 2.38. The maximum atomic E-state index is 13.2. The molecule has 2 unspecified atom stereocenters. The summed E-state index contributed by atoms with van der Waals surface area (Å²) in [6, 6.07) is 7.55. The van der Waals surface area contributed by atoms with Gasteiger partial charge in [0.25, 0.3) is 0 Å². The van der Waals surface area contributed by atoms with Crippen LogP contribution in [0.15, 0.2) is 24.3 Å². The molecule has 1 aliphatic rings. The second-order valence-corrected chi connectivity index (χ2v) is 10.3. The summed E-state index contributed by atoms with van der Waals surface area (Å²) in [7, 11) is 1.90. The van der Waals surface area contributed by atoms with E-state index in [1.165, 1.54) is 0 Å². The quantitative estimate of drug-likeness (QED) is 0.319. The molecule has 4 N–H and O–H groups in total. The summed E-state index contributed by atoms with van der Waals surface area (Å²) in [5.74, 6) is 0.0811. The summed E-state index contributed by atoms with van der Waals surface area (Å²) in [5.41, 5.74) is 1.09. The molecular formula is C25H41ClN4O4. The Kier molecular flexibility index (Phi) is 11.4. The Morgan fingerprint density at radius 3 is 2.76 bits per heavy atom. The normalized spacial score (nSPS) is 18.3. The molecule has 1 heterocycles. The van der Waals surface area contributed by atoms with E-state index in [9.17, 15) is 9.59 Å². The standard InChI is InChI=1S/C25H41ClN4O4/c1-5-25(2,3)15-21(16-27-4)29-23(31)30-12-7-9-19(17-30)22(34-13-11-28-24(32)33)18-8-6-10-20(26)14-18/h6,8,10,14,19,21-22,27-28H,5,7,9,11-13,15-17H2,1-4H3,(H,29,31)(H,32,33)/t19?,21?,22-/m0/s1. The average Bonchev–Trinajstić information content (AvgIpc) is 2.79. The van der Waals surface area contributed by atoms with Gasteiger partial charge in [0.2, 0.25) is 0 Å². The Bertz CT molecular complexity index is 792. The molecule has 8 nitrogen and oxygen atoms in total. The van der Waals surface area contributed by atoms with Gasteiger partial charge in [-0.1, -0.05) is 50.9 Å². The number of hydrogen-bond acceptors (Lipinski definition) is 4. The molecule has 1 aliphatic heterocycles. The molecule has 1 fully saturated rings. The lowest BCUT2D eigenvalue weighted by molar-refractivity contribution is -0.00853. The minimum atomic E-state index is -1.08. The van der Waals surface area contributed by atoms with Crippen molar-refractivity contribution in [1.82, 2.24) is 20.9 Å². The number of nitrogens with zero attached hydrogens (tertiary/aromatic N) is 1. The fourth-order valence-electron chi connectivity index (χ4n) is 4.47. The van der Waals surface area contributed by atoms with Crippen LogP contribution >= 0.6 is 11.6 Å². The first-order valence-corrected chi connectivity index (χ1v) is 12.6. The molecule has 2 rings (SSSR count). The number of carbonyl (C=O) groups excluding carboxylic acids is 1. The number of carboxylic acid groups (broad SMARTS) is 1. The SMILES string of the molecule is CCC(C)(C)CC(CNC)NC(=O)N1CCCC([C@@H](OCCNC(=O)O)c2cccc(Cl)c2)C1. The predicted octanol–water partition coefficient (Wildman–Crippen LogP) is 4.50. The molecule has 0 aliphatic carbocycles. The summed E-state index contributed by atoms with van der Waals surface area (Å²) in [5, 5.41) is 18.2. The van der Waals surface area contributed by atoms with Crippen molar-refractivity contribution in [2.75, 3.05) is 39.8 Å². The third-order valence-electron chi connectivity index (χ3n) is 6.56. The zero-order chi connectivity index (χ0) is 25.1. The van der Waals surface area contributed by atoms with Crippen molar-refractivity contribution in [1.29, 1.82) is 0 Å². The Morgan fingerprint density at radius 1 is 1.35 bits per heavy atom. The van der Waals surface area contributed by atoms with Crippen molar-refractivity contribution in [3.05, 3.63) is 34.9 Å². The first-order chi connectivity index (χ1) is 16.1. The Hall–Kier alpha value is -2.03. The number of rotatable bonds is 12. The highest BCUT2D eigenvalue weighted by molar-refractivity contribution is 6.30. The van der Waals surface area contributed by atoms with Crippen molar-refractivity contribution in [2.45, 2.75) is 58.6 Å². The van der Waals surface area contributed by atoms with Crippen molar-refractivity contribution in [3.8, 4) is 0 Å². The third-order valence-corrected chi connectivity index (χ3v) is 6.80. The number of likely N-dealkylation sites (N-methyl/N-ethyl adjacent to an activating group) is 1. The molecule has 1 aromatic carbocycles. The number of hydrogen-bond donors (Lipinski definition) is 4. The molecule has 0 aromatic heterocycles. The van der Waals surface area contributed by atoms with Crippen molar-refractivity contribution in [3.63, 3.8) is 0 Å². The van der Waals surface area contributed by atoms with Gasteiger partial charge in [0.05, 0.1) is 12.7 Å². The van der Waals surface area contributed by atoms with E-state index in [2.05, 4.69) is 36.7 Å². The Labute approximate surface area is 208 Å². The minimum absolute atomic E-state index is 0.0470. The van der Waals surface area contributed by atoms with Crippen LogP contribution < -0.4 is 16.0 Å². The zero-order valence-corrected chi connectivity index (χ0v) is 21.7. The van der Waals surface area contributed by atoms with Crippen LogP contribution in [0.1, 0.15) is 58.1 Å². The Balaban J connectivity index is 2.08. The molecule has 3 atom stereocenters. The van der Waals surface area contributed by atoms with Gasteiger partial charge in [0, 0.05) is 43.2 Å². The highest BCUT2D eigenvalue weighted by Gasteiger charge is 2.32. The second-order valence-electron chi connectivity index (χ2n) is 9.85. The van der Waals surface area contributed by atoms with E-state index >= 15 is 0 Å². The van der Waals surface area contributed by atoms with Crippen LogP contribution in [0, 0.1) is 11.3 Å². The summed E-state index contributed by atoms with van der Waals surface area (Å²) >= 11 is 6.24. The minimum Gasteiger partial charge on any atom is -0.465 e. The van der Waals surface area contributed by atoms with E-state index in [0.29, 0.717) is 18.1 Å². The maximum Gasteiger partial charge on any atom is 0.404 e. The lowest BCUT2D eigenvalue weighted by Gasteiger charge is -2.38. The third kappa shape index (κ3) is 9.31. The van der Waals surface area contributed by atoms with Gasteiger partial charge in [-0.15, -0.1) is 0 Å². The van der Waals surface area contributed by atoms with Crippen LogP contribution in [0.5, 0.6) is 0 Å². The molecule has 34 heavy (non-hydrogen) atoms. The largest absolute Gasteiger partial charge is 0.465 e. The molecule has 1 saturated heterocycles. The number of likely N-dealkylation sites (tertiary alicyclic amines) is 1. The van der Waals surface area contributed by atoms with E-state index in [0.717, 1.165) is 37.8 Å². The lowest BCUT2D eigenvalue weighted by atomic mass is 9.83. The smallest absolute Gasteiger partial charge is 0.404 e. The van der Waals surface area contributed by atoms with E-state index in [1.807, 2.05) is 36.2 Å². The molecule has 0 spiro atoms. The molecule has 0 bridgehead atoms. The zero-order valence-electron chi connectivity index (χ0n) is 20.9. The van der Waals surface area contributed by atoms with Crippen molar-refractivity contribution in [2.24, 2.45) is 11.3 Å². The molecule has 192 valence electrons. The van der Waals surface area contributed by atoms with Gasteiger partial charge in [-0.05, 0) is 49.4 Å². The van der Waals surface area contributed by atoms with E-state index < -0.39 is 6.09 Å².